The fraction of sp³-hybridized carbons (Fsp3) is 0.0556. The Labute approximate surface area is 148 Å². The van der Waals surface area contributed by atoms with Crippen molar-refractivity contribution in [2.75, 3.05) is 10.6 Å². The first-order chi connectivity index (χ1) is 12.0. The Bertz CT molecular complexity index is 932. The Morgan fingerprint density at radius 3 is 2.68 bits per heavy atom. The zero-order valence-electron chi connectivity index (χ0n) is 13.3. The zero-order valence-corrected chi connectivity index (χ0v) is 14.0. The predicted molar refractivity (Wildman–Crippen MR) is 95.9 cm³/mol. The highest BCUT2D eigenvalue weighted by Gasteiger charge is 2.10. The summed E-state index contributed by atoms with van der Waals surface area (Å²) in [6.45, 7) is 1.88. The average molecular weight is 357 g/mol. The predicted octanol–water partition coefficient (Wildman–Crippen LogP) is 4.57. The van der Waals surface area contributed by atoms with Crippen LogP contribution in [-0.2, 0) is 0 Å². The number of carbonyl (C=O) groups is 1. The van der Waals surface area contributed by atoms with Crippen molar-refractivity contribution in [1.82, 2.24) is 9.97 Å². The molecule has 3 rings (SSSR count). The number of nitrogens with one attached hydrogen (secondary N) is 2. The average Bonchev–Trinajstić information content (AvgIpc) is 2.58. The van der Waals surface area contributed by atoms with Gasteiger partial charge >= 0.3 is 0 Å². The van der Waals surface area contributed by atoms with Crippen LogP contribution >= 0.6 is 11.6 Å². The molecule has 3 aromatic rings. The third-order valence-electron chi connectivity index (χ3n) is 3.43. The third kappa shape index (κ3) is 4.30. The number of carbonyl (C=O) groups excluding carboxylic acids is 1. The molecule has 0 atom stereocenters. The van der Waals surface area contributed by atoms with Crippen LogP contribution in [0.5, 0.6) is 0 Å². The maximum absolute atomic E-state index is 13.2. The molecular formula is C18H14ClFN4O. The number of benzene rings is 2. The molecule has 0 bridgehead atoms. The van der Waals surface area contributed by atoms with E-state index in [2.05, 4.69) is 20.6 Å². The Morgan fingerprint density at radius 1 is 1.08 bits per heavy atom. The van der Waals surface area contributed by atoms with Gasteiger partial charge in [-0.3, -0.25) is 4.79 Å². The molecule has 7 heteroatoms. The van der Waals surface area contributed by atoms with Gasteiger partial charge in [0, 0.05) is 22.5 Å². The van der Waals surface area contributed by atoms with Gasteiger partial charge in [0.25, 0.3) is 5.91 Å². The maximum Gasteiger partial charge on any atom is 0.274 e. The Kier molecular flexibility index (Phi) is 4.90. The van der Waals surface area contributed by atoms with Crippen molar-refractivity contribution in [3.63, 3.8) is 0 Å². The van der Waals surface area contributed by atoms with Gasteiger partial charge in [-0.1, -0.05) is 23.7 Å². The Hall–Kier alpha value is -2.99. The number of halogens is 2. The van der Waals surface area contributed by atoms with Crippen molar-refractivity contribution in [3.8, 4) is 0 Å². The normalized spacial score (nSPS) is 10.4. The number of hydrogen-bond acceptors (Lipinski definition) is 4. The van der Waals surface area contributed by atoms with Crippen molar-refractivity contribution in [3.05, 3.63) is 77.0 Å². The Morgan fingerprint density at radius 2 is 1.92 bits per heavy atom. The topological polar surface area (TPSA) is 66.9 Å². The molecule has 1 heterocycles. The highest BCUT2D eigenvalue weighted by molar-refractivity contribution is 6.31. The van der Waals surface area contributed by atoms with Gasteiger partial charge in [-0.25, -0.2) is 14.4 Å². The van der Waals surface area contributed by atoms with Crippen LogP contribution in [0.2, 0.25) is 5.02 Å². The van der Waals surface area contributed by atoms with Gasteiger partial charge in [0.15, 0.2) is 0 Å². The largest absolute Gasteiger partial charge is 0.340 e. The molecule has 0 aliphatic carbocycles. The lowest BCUT2D eigenvalue weighted by atomic mass is 10.2. The van der Waals surface area contributed by atoms with Crippen LogP contribution in [0.3, 0.4) is 0 Å². The molecule has 0 unspecified atom stereocenters. The van der Waals surface area contributed by atoms with Gasteiger partial charge < -0.3 is 10.6 Å². The SMILES string of the molecule is Cc1ccc(NC(=O)c2cc(Nc3cccc(F)c3)ncn2)cc1Cl. The molecule has 2 N–H and O–H groups in total. The molecule has 0 fully saturated rings. The minimum absolute atomic E-state index is 0.172. The van der Waals surface area contributed by atoms with Gasteiger partial charge in [-0.05, 0) is 42.8 Å². The smallest absolute Gasteiger partial charge is 0.274 e. The lowest BCUT2D eigenvalue weighted by Gasteiger charge is -2.08. The highest BCUT2D eigenvalue weighted by Crippen LogP contribution is 2.21. The molecule has 0 aliphatic heterocycles. The number of rotatable bonds is 4. The van der Waals surface area contributed by atoms with Crippen molar-refractivity contribution in [2.45, 2.75) is 6.92 Å². The summed E-state index contributed by atoms with van der Waals surface area (Å²) >= 11 is 6.05. The molecule has 25 heavy (non-hydrogen) atoms. The molecule has 2 aromatic carbocycles. The summed E-state index contributed by atoms with van der Waals surface area (Å²) in [7, 11) is 0. The van der Waals surface area contributed by atoms with E-state index in [4.69, 9.17) is 11.6 Å². The number of hydrogen-bond donors (Lipinski definition) is 2. The summed E-state index contributed by atoms with van der Waals surface area (Å²) in [5.41, 5.74) is 2.18. The van der Waals surface area contributed by atoms with Crippen molar-refractivity contribution in [2.24, 2.45) is 0 Å². The van der Waals surface area contributed by atoms with Gasteiger partial charge in [0.1, 0.15) is 23.7 Å². The standard InChI is InChI=1S/C18H14ClFN4O/c1-11-5-6-14(8-15(11)19)24-18(25)16-9-17(22-10-21-16)23-13-4-2-3-12(20)7-13/h2-10H,1H3,(H,24,25)(H,21,22,23). The van der Waals surface area contributed by atoms with Crippen molar-refractivity contribution < 1.29 is 9.18 Å². The first-order valence-electron chi connectivity index (χ1n) is 7.43. The van der Waals surface area contributed by atoms with Crippen LogP contribution in [0.1, 0.15) is 16.1 Å². The van der Waals surface area contributed by atoms with E-state index in [0.29, 0.717) is 22.2 Å². The van der Waals surface area contributed by atoms with Gasteiger partial charge in [0.05, 0.1) is 0 Å². The quantitative estimate of drug-likeness (QED) is 0.718. The summed E-state index contributed by atoms with van der Waals surface area (Å²) < 4.78 is 13.2. The van der Waals surface area contributed by atoms with E-state index in [-0.39, 0.29) is 11.5 Å². The second-order valence-corrected chi connectivity index (χ2v) is 5.75. The minimum atomic E-state index is -0.399. The molecule has 1 amide bonds. The zero-order chi connectivity index (χ0) is 17.8. The molecule has 126 valence electrons. The number of anilines is 3. The second kappa shape index (κ2) is 7.27. The Balaban J connectivity index is 1.76. The van der Waals surface area contributed by atoms with Crippen LogP contribution in [-0.4, -0.2) is 15.9 Å². The molecule has 0 spiro atoms. The fourth-order valence-electron chi connectivity index (χ4n) is 2.13. The number of amides is 1. The number of nitrogens with zero attached hydrogens (tertiary/aromatic N) is 2. The van der Waals surface area contributed by atoms with Crippen LogP contribution in [0.25, 0.3) is 0 Å². The third-order valence-corrected chi connectivity index (χ3v) is 3.83. The summed E-state index contributed by atoms with van der Waals surface area (Å²) in [5.74, 6) is -0.384. The minimum Gasteiger partial charge on any atom is -0.340 e. The van der Waals surface area contributed by atoms with E-state index >= 15 is 0 Å². The monoisotopic (exact) mass is 356 g/mol. The summed E-state index contributed by atoms with van der Waals surface area (Å²) in [6, 6.07) is 12.7. The number of aromatic nitrogens is 2. The summed E-state index contributed by atoms with van der Waals surface area (Å²) in [4.78, 5) is 20.3. The van der Waals surface area contributed by atoms with Crippen LogP contribution in [0.4, 0.5) is 21.6 Å². The van der Waals surface area contributed by atoms with E-state index in [1.807, 2.05) is 13.0 Å². The van der Waals surface area contributed by atoms with Crippen LogP contribution in [0, 0.1) is 12.7 Å². The van der Waals surface area contributed by atoms with Gasteiger partial charge in [-0.15, -0.1) is 0 Å². The summed E-state index contributed by atoms with van der Waals surface area (Å²) in [6.07, 6.45) is 1.26. The van der Waals surface area contributed by atoms with E-state index in [0.717, 1.165) is 5.56 Å². The fourth-order valence-corrected chi connectivity index (χ4v) is 2.31. The van der Waals surface area contributed by atoms with Gasteiger partial charge in [0.2, 0.25) is 0 Å². The highest BCUT2D eigenvalue weighted by atomic mass is 35.5. The van der Waals surface area contributed by atoms with E-state index < -0.39 is 5.91 Å². The van der Waals surface area contributed by atoms with Crippen molar-refractivity contribution in [1.29, 1.82) is 0 Å². The maximum atomic E-state index is 13.2. The molecular weight excluding hydrogens is 343 g/mol. The van der Waals surface area contributed by atoms with Crippen LogP contribution < -0.4 is 10.6 Å². The first kappa shape index (κ1) is 16.9. The lowest BCUT2D eigenvalue weighted by Crippen LogP contribution is -2.14. The second-order valence-electron chi connectivity index (χ2n) is 5.34. The van der Waals surface area contributed by atoms with Gasteiger partial charge in [-0.2, -0.15) is 0 Å². The van der Waals surface area contributed by atoms with E-state index in [1.165, 1.54) is 24.5 Å². The molecule has 0 radical (unpaired) electrons. The van der Waals surface area contributed by atoms with Crippen LogP contribution in [0.15, 0.2) is 54.9 Å². The first-order valence-corrected chi connectivity index (χ1v) is 7.81. The molecule has 0 saturated carbocycles. The molecule has 5 nitrogen and oxygen atoms in total. The lowest BCUT2D eigenvalue weighted by molar-refractivity contribution is 0.102. The summed E-state index contributed by atoms with van der Waals surface area (Å²) in [5, 5.41) is 6.22. The van der Waals surface area contributed by atoms with Crippen molar-refractivity contribution >= 4 is 34.7 Å². The molecule has 0 saturated heterocycles. The molecule has 0 aliphatic rings. The van der Waals surface area contributed by atoms with E-state index in [9.17, 15) is 9.18 Å². The molecule has 1 aromatic heterocycles. The van der Waals surface area contributed by atoms with E-state index in [1.54, 1.807) is 24.3 Å². The number of aryl methyl sites for hydroxylation is 1.